The summed E-state index contributed by atoms with van der Waals surface area (Å²) in [6.45, 7) is 4.02. The zero-order valence-corrected chi connectivity index (χ0v) is 11.3. The Balaban J connectivity index is 1.99. The fourth-order valence-electron chi connectivity index (χ4n) is 2.61. The minimum absolute atomic E-state index is 0.00124. The molecule has 0 unspecified atom stereocenters. The predicted molar refractivity (Wildman–Crippen MR) is 70.4 cm³/mol. The van der Waals surface area contributed by atoms with Gasteiger partial charge in [0.15, 0.2) is 0 Å². The molecule has 1 atom stereocenters. The molecular weight excluding hydrogens is 228 g/mol. The van der Waals surface area contributed by atoms with Gasteiger partial charge in [0, 0.05) is 25.0 Å². The van der Waals surface area contributed by atoms with E-state index in [-0.39, 0.29) is 18.1 Å². The number of amides is 1. The summed E-state index contributed by atoms with van der Waals surface area (Å²) in [5.74, 6) is 0.430. The Morgan fingerprint density at radius 3 is 2.72 bits per heavy atom. The van der Waals surface area contributed by atoms with E-state index < -0.39 is 0 Å². The van der Waals surface area contributed by atoms with Gasteiger partial charge in [0.25, 0.3) is 5.91 Å². The van der Waals surface area contributed by atoms with E-state index >= 15 is 0 Å². The van der Waals surface area contributed by atoms with Gasteiger partial charge in [-0.1, -0.05) is 6.92 Å². The number of hydrogen-bond acceptors (Lipinski definition) is 2. The highest BCUT2D eigenvalue weighted by atomic mass is 16.3. The molecule has 1 aromatic heterocycles. The highest BCUT2D eigenvalue weighted by molar-refractivity contribution is 5.95. The van der Waals surface area contributed by atoms with Gasteiger partial charge in [-0.3, -0.25) is 4.79 Å². The molecule has 2 rings (SSSR count). The highest BCUT2D eigenvalue weighted by Crippen LogP contribution is 2.31. The molecule has 0 aromatic carbocycles. The number of hydrogen-bond donors (Lipinski definition) is 2. The van der Waals surface area contributed by atoms with E-state index in [9.17, 15) is 9.90 Å². The molecule has 1 saturated carbocycles. The van der Waals surface area contributed by atoms with Gasteiger partial charge in [-0.2, -0.15) is 0 Å². The summed E-state index contributed by atoms with van der Waals surface area (Å²) < 4.78 is 1.95. The van der Waals surface area contributed by atoms with Crippen molar-refractivity contribution < 1.29 is 9.90 Å². The maximum atomic E-state index is 12.2. The second kappa shape index (κ2) is 5.14. The second-order valence-electron chi connectivity index (χ2n) is 5.30. The first-order valence-electron chi connectivity index (χ1n) is 6.63. The van der Waals surface area contributed by atoms with Crippen LogP contribution in [0.4, 0.5) is 0 Å². The zero-order valence-electron chi connectivity index (χ0n) is 11.3. The molecule has 1 aliphatic carbocycles. The van der Waals surface area contributed by atoms with Crippen molar-refractivity contribution in [3.05, 3.63) is 23.5 Å². The number of carbonyl (C=O) groups is 1. The Bertz CT molecular complexity index is 433. The molecule has 4 nitrogen and oxygen atoms in total. The van der Waals surface area contributed by atoms with Crippen LogP contribution in [0.25, 0.3) is 0 Å². The molecule has 4 heteroatoms. The molecule has 2 N–H and O–H groups in total. The maximum Gasteiger partial charge on any atom is 0.253 e. The average Bonchev–Trinajstić information content (AvgIpc) is 2.63. The Labute approximate surface area is 108 Å². The number of aliphatic hydroxyl groups excluding tert-OH is 1. The van der Waals surface area contributed by atoms with Crippen LogP contribution in [-0.4, -0.2) is 27.7 Å². The van der Waals surface area contributed by atoms with Crippen LogP contribution < -0.4 is 5.32 Å². The van der Waals surface area contributed by atoms with Crippen LogP contribution in [0.5, 0.6) is 0 Å². The van der Waals surface area contributed by atoms with Crippen molar-refractivity contribution in [1.29, 1.82) is 0 Å². The molecule has 1 amide bonds. The van der Waals surface area contributed by atoms with Gasteiger partial charge in [0.05, 0.1) is 11.7 Å². The second-order valence-corrected chi connectivity index (χ2v) is 5.30. The highest BCUT2D eigenvalue weighted by Gasteiger charge is 2.34. The van der Waals surface area contributed by atoms with Crippen molar-refractivity contribution in [3.63, 3.8) is 0 Å². The van der Waals surface area contributed by atoms with Gasteiger partial charge in [-0.15, -0.1) is 0 Å². The van der Waals surface area contributed by atoms with Gasteiger partial charge in [0.2, 0.25) is 0 Å². The van der Waals surface area contributed by atoms with Gasteiger partial charge >= 0.3 is 0 Å². The van der Waals surface area contributed by atoms with Crippen molar-refractivity contribution in [2.75, 3.05) is 0 Å². The van der Waals surface area contributed by atoms with E-state index in [1.165, 1.54) is 0 Å². The van der Waals surface area contributed by atoms with Gasteiger partial charge < -0.3 is 15.0 Å². The Morgan fingerprint density at radius 1 is 1.61 bits per heavy atom. The number of aryl methyl sites for hydroxylation is 1. The van der Waals surface area contributed by atoms with E-state index in [1.807, 2.05) is 30.8 Å². The molecule has 18 heavy (non-hydrogen) atoms. The van der Waals surface area contributed by atoms with Crippen molar-refractivity contribution in [3.8, 4) is 0 Å². The topological polar surface area (TPSA) is 54.3 Å². The molecule has 0 bridgehead atoms. The molecule has 1 heterocycles. The molecule has 0 spiro atoms. The third-order valence-electron chi connectivity index (χ3n) is 4.10. The minimum Gasteiger partial charge on any atom is -0.393 e. The molecule has 0 aliphatic heterocycles. The molecule has 0 radical (unpaired) electrons. The van der Waals surface area contributed by atoms with Gasteiger partial charge in [-0.05, 0) is 38.2 Å². The summed E-state index contributed by atoms with van der Waals surface area (Å²) in [4.78, 5) is 12.2. The van der Waals surface area contributed by atoms with E-state index in [0.717, 1.165) is 30.5 Å². The van der Waals surface area contributed by atoms with Crippen molar-refractivity contribution in [1.82, 2.24) is 9.88 Å². The lowest BCUT2D eigenvalue weighted by atomic mass is 9.76. The molecule has 1 aromatic rings. The number of rotatable bonds is 4. The number of carbonyl (C=O) groups excluding carboxylic acids is 1. The van der Waals surface area contributed by atoms with Crippen molar-refractivity contribution in [2.45, 2.75) is 45.3 Å². The fraction of sp³-hybridized carbons (Fsp3) is 0.643. The zero-order chi connectivity index (χ0) is 13.3. The van der Waals surface area contributed by atoms with E-state index in [4.69, 9.17) is 0 Å². The van der Waals surface area contributed by atoms with Crippen LogP contribution in [0.15, 0.2) is 12.3 Å². The summed E-state index contributed by atoms with van der Waals surface area (Å²) in [5.41, 5.74) is 1.73. The maximum absolute atomic E-state index is 12.2. The van der Waals surface area contributed by atoms with Crippen LogP contribution in [0.3, 0.4) is 0 Å². The van der Waals surface area contributed by atoms with Gasteiger partial charge in [-0.25, -0.2) is 0 Å². The van der Waals surface area contributed by atoms with Crippen LogP contribution >= 0.6 is 0 Å². The molecule has 1 fully saturated rings. The standard InChI is InChI=1S/C14H22N2O2/c1-4-13(10-7-11(17)8-10)15-14(18)12-5-6-16(3)9(12)2/h5-6,10-11,13,17H,4,7-8H2,1-3H3,(H,15,18)/t10?,11?,13-/m1/s1. The number of aliphatic hydroxyl groups is 1. The first-order chi connectivity index (χ1) is 8.52. The normalized spacial score (nSPS) is 24.4. The van der Waals surface area contributed by atoms with Crippen molar-refractivity contribution in [2.24, 2.45) is 13.0 Å². The average molecular weight is 250 g/mol. The summed E-state index contributed by atoms with van der Waals surface area (Å²) >= 11 is 0. The molecule has 100 valence electrons. The Hall–Kier alpha value is -1.29. The lowest BCUT2D eigenvalue weighted by Crippen LogP contribution is -2.46. The summed E-state index contributed by atoms with van der Waals surface area (Å²) in [6.07, 6.45) is 4.27. The van der Waals surface area contributed by atoms with Crippen LogP contribution in [0, 0.1) is 12.8 Å². The van der Waals surface area contributed by atoms with E-state index in [2.05, 4.69) is 12.2 Å². The minimum atomic E-state index is -0.167. The predicted octanol–water partition coefficient (Wildman–Crippen LogP) is 1.61. The fourth-order valence-corrected chi connectivity index (χ4v) is 2.61. The smallest absolute Gasteiger partial charge is 0.253 e. The number of nitrogens with zero attached hydrogens (tertiary/aromatic N) is 1. The third kappa shape index (κ3) is 2.43. The Kier molecular flexibility index (Phi) is 3.76. The lowest BCUT2D eigenvalue weighted by Gasteiger charge is -2.37. The third-order valence-corrected chi connectivity index (χ3v) is 4.10. The van der Waals surface area contributed by atoms with E-state index in [1.54, 1.807) is 0 Å². The monoisotopic (exact) mass is 250 g/mol. The van der Waals surface area contributed by atoms with Gasteiger partial charge in [0.1, 0.15) is 0 Å². The van der Waals surface area contributed by atoms with Crippen molar-refractivity contribution >= 4 is 5.91 Å². The number of aromatic nitrogens is 1. The Morgan fingerprint density at radius 2 is 2.28 bits per heavy atom. The largest absolute Gasteiger partial charge is 0.393 e. The van der Waals surface area contributed by atoms with Crippen LogP contribution in [-0.2, 0) is 7.05 Å². The number of nitrogens with one attached hydrogen (secondary N) is 1. The lowest BCUT2D eigenvalue weighted by molar-refractivity contribution is 0.0232. The summed E-state index contributed by atoms with van der Waals surface area (Å²) in [6, 6.07) is 2.04. The van der Waals surface area contributed by atoms with E-state index in [0.29, 0.717) is 5.92 Å². The summed E-state index contributed by atoms with van der Waals surface area (Å²) in [7, 11) is 1.94. The first kappa shape index (κ1) is 13.1. The molecular formula is C14H22N2O2. The SMILES string of the molecule is CC[C@@H](NC(=O)c1ccn(C)c1C)C1CC(O)C1. The summed E-state index contributed by atoms with van der Waals surface area (Å²) in [5, 5.41) is 12.4. The van der Waals surface area contributed by atoms with Crippen LogP contribution in [0.2, 0.25) is 0 Å². The first-order valence-corrected chi connectivity index (χ1v) is 6.63. The molecule has 0 saturated heterocycles. The quantitative estimate of drug-likeness (QED) is 0.853. The molecule has 1 aliphatic rings. The van der Waals surface area contributed by atoms with Crippen LogP contribution in [0.1, 0.15) is 42.2 Å².